The van der Waals surface area contributed by atoms with Gasteiger partial charge in [0.2, 0.25) is 0 Å². The van der Waals surface area contributed by atoms with Crippen molar-refractivity contribution in [3.05, 3.63) is 89.5 Å². The predicted molar refractivity (Wildman–Crippen MR) is 160 cm³/mol. The maximum atomic E-state index is 13.5. The highest BCUT2D eigenvalue weighted by atomic mass is 31.2. The molecule has 0 atom stereocenters. The first-order valence-corrected chi connectivity index (χ1v) is 15.1. The lowest BCUT2D eigenvalue weighted by molar-refractivity contribution is -0.110. The van der Waals surface area contributed by atoms with E-state index in [1.165, 1.54) is 5.56 Å². The van der Waals surface area contributed by atoms with Gasteiger partial charge in [-0.2, -0.15) is 0 Å². The Balaban J connectivity index is 1.77. The molecule has 0 bridgehead atoms. The van der Waals surface area contributed by atoms with Crippen molar-refractivity contribution in [1.82, 2.24) is 4.90 Å². The number of rotatable bonds is 12. The molecule has 8 heteroatoms. The zero-order chi connectivity index (χ0) is 28.0. The first kappa shape index (κ1) is 28.8. The van der Waals surface area contributed by atoms with Gasteiger partial charge in [0.1, 0.15) is 0 Å². The zero-order valence-electron chi connectivity index (χ0n) is 23.4. The Kier molecular flexibility index (Phi) is 9.41. The molecule has 3 aromatic carbocycles. The number of anilines is 2. The van der Waals surface area contributed by atoms with E-state index in [1.807, 2.05) is 42.5 Å². The van der Waals surface area contributed by atoms with Crippen LogP contribution in [0, 0.1) is 0 Å². The van der Waals surface area contributed by atoms with Gasteiger partial charge in [0, 0.05) is 29.5 Å². The Bertz CT molecular complexity index is 1360. The lowest BCUT2D eigenvalue weighted by Crippen LogP contribution is -2.29. The van der Waals surface area contributed by atoms with Crippen molar-refractivity contribution in [1.29, 1.82) is 0 Å². The van der Waals surface area contributed by atoms with Gasteiger partial charge in [-0.3, -0.25) is 14.3 Å². The predicted octanol–water partition coefficient (Wildman–Crippen LogP) is 6.74. The lowest BCUT2D eigenvalue weighted by Gasteiger charge is -2.24. The van der Waals surface area contributed by atoms with Crippen LogP contribution in [0.1, 0.15) is 51.3 Å². The van der Waals surface area contributed by atoms with E-state index in [2.05, 4.69) is 48.4 Å². The normalized spacial score (nSPS) is 14.5. The summed E-state index contributed by atoms with van der Waals surface area (Å²) in [4.78, 5) is 15.8. The molecular weight excluding hydrogens is 509 g/mol. The third-order valence-electron chi connectivity index (χ3n) is 6.72. The number of hydrogen-bond acceptors (Lipinski definition) is 6. The molecule has 0 fully saturated rings. The molecule has 0 saturated heterocycles. The maximum absolute atomic E-state index is 13.5. The third kappa shape index (κ3) is 6.51. The van der Waals surface area contributed by atoms with Gasteiger partial charge in [-0.25, -0.2) is 0 Å². The van der Waals surface area contributed by atoms with E-state index in [4.69, 9.17) is 9.05 Å². The number of carbonyl (C=O) groups excluding carboxylic acids is 1. The lowest BCUT2D eigenvalue weighted by atomic mass is 10.00. The van der Waals surface area contributed by atoms with E-state index in [0.29, 0.717) is 33.9 Å². The Hall–Kier alpha value is -3.22. The average molecular weight is 548 g/mol. The molecule has 1 amide bonds. The summed E-state index contributed by atoms with van der Waals surface area (Å²) in [7, 11) is -3.53. The number of nitrogens with zero attached hydrogens (tertiary/aromatic N) is 1. The highest BCUT2D eigenvalue weighted by Crippen LogP contribution is 2.48. The minimum Gasteiger partial charge on any atom is -0.354 e. The Morgan fingerprint density at radius 2 is 1.62 bits per heavy atom. The van der Waals surface area contributed by atoms with Crippen LogP contribution in [0.15, 0.2) is 72.8 Å². The summed E-state index contributed by atoms with van der Waals surface area (Å²) in [5.41, 5.74) is 5.38. The van der Waals surface area contributed by atoms with Crippen LogP contribution in [0.5, 0.6) is 0 Å². The SMILES string of the molecule is CCOP(=O)(OCC)c1ccc2c(c1)C(=C(Nc1ccc(CN(CC)C(C)C)cc1)c1ccccc1)C(=O)N2. The van der Waals surface area contributed by atoms with Crippen LogP contribution in [0.3, 0.4) is 0 Å². The summed E-state index contributed by atoms with van der Waals surface area (Å²) in [5.74, 6) is -0.233. The van der Waals surface area contributed by atoms with Crippen LogP contribution >= 0.6 is 7.60 Å². The van der Waals surface area contributed by atoms with E-state index >= 15 is 0 Å². The molecule has 0 unspecified atom stereocenters. The first-order valence-electron chi connectivity index (χ1n) is 13.5. The number of fused-ring (bicyclic) bond motifs is 1. The standard InChI is InChI=1S/C31H38N3O4P/c1-6-34(22(4)5)21-23-14-16-25(17-15-23)32-30(24-12-10-9-11-13-24)29-27-20-26(18-19-28(27)33-31(29)35)39(36,37-7-2)38-8-3/h9-20,22,32H,6-8,21H2,1-5H3,(H,33,35). The van der Waals surface area contributed by atoms with Gasteiger partial charge in [0.05, 0.1) is 29.8 Å². The second kappa shape index (κ2) is 12.8. The molecule has 4 rings (SSSR count). The molecule has 206 valence electrons. The van der Waals surface area contributed by atoms with Crippen LogP contribution in [-0.4, -0.2) is 36.6 Å². The van der Waals surface area contributed by atoms with Crippen LogP contribution in [-0.2, 0) is 25.0 Å². The fourth-order valence-corrected chi connectivity index (χ4v) is 6.31. The van der Waals surface area contributed by atoms with Crippen molar-refractivity contribution in [2.45, 2.75) is 47.2 Å². The van der Waals surface area contributed by atoms with E-state index in [-0.39, 0.29) is 19.1 Å². The van der Waals surface area contributed by atoms with E-state index in [0.717, 1.165) is 24.3 Å². The molecule has 1 aliphatic rings. The van der Waals surface area contributed by atoms with Gasteiger partial charge in [0.25, 0.3) is 5.91 Å². The monoisotopic (exact) mass is 547 g/mol. The van der Waals surface area contributed by atoms with Crippen molar-refractivity contribution < 1.29 is 18.4 Å². The molecule has 0 aliphatic carbocycles. The zero-order valence-corrected chi connectivity index (χ0v) is 24.3. The van der Waals surface area contributed by atoms with Gasteiger partial charge in [-0.05, 0) is 75.7 Å². The Morgan fingerprint density at radius 1 is 0.949 bits per heavy atom. The largest absolute Gasteiger partial charge is 0.361 e. The van der Waals surface area contributed by atoms with Crippen LogP contribution in [0.4, 0.5) is 11.4 Å². The second-order valence-corrected chi connectivity index (χ2v) is 11.6. The molecule has 0 spiro atoms. The molecule has 0 aromatic heterocycles. The van der Waals surface area contributed by atoms with Crippen molar-refractivity contribution in [2.75, 3.05) is 30.4 Å². The van der Waals surface area contributed by atoms with Crippen molar-refractivity contribution in [3.8, 4) is 0 Å². The number of benzene rings is 3. The summed E-state index contributed by atoms with van der Waals surface area (Å²) in [6.07, 6.45) is 0. The average Bonchev–Trinajstić information content (AvgIpc) is 3.26. The smallest absolute Gasteiger partial charge is 0.354 e. The van der Waals surface area contributed by atoms with Gasteiger partial charge in [0.15, 0.2) is 0 Å². The van der Waals surface area contributed by atoms with Crippen molar-refractivity contribution in [3.63, 3.8) is 0 Å². The van der Waals surface area contributed by atoms with Crippen molar-refractivity contribution >= 4 is 41.5 Å². The molecule has 2 N–H and O–H groups in total. The Labute approximate surface area is 231 Å². The molecule has 0 radical (unpaired) electrons. The molecular formula is C31H38N3O4P. The second-order valence-electron chi connectivity index (χ2n) is 9.61. The number of amides is 1. The molecule has 39 heavy (non-hydrogen) atoms. The van der Waals surface area contributed by atoms with Gasteiger partial charge >= 0.3 is 7.60 Å². The van der Waals surface area contributed by atoms with Crippen molar-refractivity contribution in [2.24, 2.45) is 0 Å². The first-order chi connectivity index (χ1) is 18.8. The number of nitrogens with one attached hydrogen (secondary N) is 2. The van der Waals surface area contributed by atoms with Gasteiger partial charge < -0.3 is 19.7 Å². The fourth-order valence-electron chi connectivity index (χ4n) is 4.72. The number of carbonyl (C=O) groups is 1. The van der Waals surface area contributed by atoms with Crippen LogP contribution < -0.4 is 15.9 Å². The summed E-state index contributed by atoms with van der Waals surface area (Å²) >= 11 is 0. The minimum atomic E-state index is -3.53. The topological polar surface area (TPSA) is 79.9 Å². The molecule has 3 aromatic rings. The summed E-state index contributed by atoms with van der Waals surface area (Å²) in [6.45, 7) is 12.5. The third-order valence-corrected chi connectivity index (χ3v) is 8.83. The highest BCUT2D eigenvalue weighted by Gasteiger charge is 2.33. The van der Waals surface area contributed by atoms with Gasteiger partial charge in [-0.1, -0.05) is 49.4 Å². The number of hydrogen-bond donors (Lipinski definition) is 2. The van der Waals surface area contributed by atoms with E-state index in [1.54, 1.807) is 32.0 Å². The summed E-state index contributed by atoms with van der Waals surface area (Å²) < 4.78 is 24.7. The van der Waals surface area contributed by atoms with E-state index < -0.39 is 7.60 Å². The van der Waals surface area contributed by atoms with Crippen LogP contribution in [0.2, 0.25) is 0 Å². The minimum absolute atomic E-state index is 0.233. The molecule has 1 aliphatic heterocycles. The molecule has 1 heterocycles. The molecule has 7 nitrogen and oxygen atoms in total. The quantitative estimate of drug-likeness (QED) is 0.193. The maximum Gasteiger partial charge on any atom is 0.361 e. The van der Waals surface area contributed by atoms with Gasteiger partial charge in [-0.15, -0.1) is 0 Å². The van der Waals surface area contributed by atoms with Crippen LogP contribution in [0.25, 0.3) is 11.3 Å². The Morgan fingerprint density at radius 3 is 2.21 bits per heavy atom. The fraction of sp³-hybridized carbons (Fsp3) is 0.323. The summed E-state index contributed by atoms with van der Waals surface area (Å²) in [5, 5.41) is 6.89. The highest BCUT2D eigenvalue weighted by molar-refractivity contribution is 7.62. The summed E-state index contributed by atoms with van der Waals surface area (Å²) in [6, 6.07) is 23.7. The van der Waals surface area contributed by atoms with E-state index in [9.17, 15) is 9.36 Å². The molecule has 0 saturated carbocycles.